The summed E-state index contributed by atoms with van der Waals surface area (Å²) in [5.41, 5.74) is 0. The average molecular weight is 275 g/mol. The summed E-state index contributed by atoms with van der Waals surface area (Å²) in [5.74, 6) is -0.167. The van der Waals surface area contributed by atoms with Gasteiger partial charge in [-0.15, -0.1) is 0 Å². The second-order valence-corrected chi connectivity index (χ2v) is 6.63. The van der Waals surface area contributed by atoms with Crippen LogP contribution in [-0.4, -0.2) is 61.0 Å². The number of imide groups is 1. The van der Waals surface area contributed by atoms with E-state index in [4.69, 9.17) is 0 Å². The van der Waals surface area contributed by atoms with Gasteiger partial charge >= 0.3 is 6.03 Å². The van der Waals surface area contributed by atoms with Gasteiger partial charge in [0.1, 0.15) is 0 Å². The van der Waals surface area contributed by atoms with Crippen LogP contribution in [0.1, 0.15) is 19.8 Å². The van der Waals surface area contributed by atoms with Crippen LogP contribution in [0.3, 0.4) is 0 Å². The van der Waals surface area contributed by atoms with Gasteiger partial charge in [-0.25, -0.2) is 13.2 Å². The van der Waals surface area contributed by atoms with E-state index in [9.17, 15) is 18.0 Å². The van der Waals surface area contributed by atoms with Gasteiger partial charge in [0.15, 0.2) is 0 Å². The van der Waals surface area contributed by atoms with Crippen molar-refractivity contribution in [1.82, 2.24) is 14.5 Å². The molecule has 0 aromatic carbocycles. The van der Waals surface area contributed by atoms with E-state index in [-0.39, 0.29) is 30.8 Å². The lowest BCUT2D eigenvalue weighted by Gasteiger charge is -2.21. The molecule has 0 spiro atoms. The third-order valence-electron chi connectivity index (χ3n) is 3.23. The zero-order valence-electron chi connectivity index (χ0n) is 10.3. The predicted octanol–water partition coefficient (Wildman–Crippen LogP) is -0.648. The van der Waals surface area contributed by atoms with Crippen molar-refractivity contribution < 1.29 is 18.0 Å². The molecule has 2 saturated heterocycles. The third-order valence-corrected chi connectivity index (χ3v) is 5.27. The molecule has 1 unspecified atom stereocenters. The van der Waals surface area contributed by atoms with Crippen molar-refractivity contribution in [2.24, 2.45) is 0 Å². The van der Waals surface area contributed by atoms with Gasteiger partial charge in [0.25, 0.3) is 0 Å². The van der Waals surface area contributed by atoms with Crippen molar-refractivity contribution in [2.45, 2.75) is 25.8 Å². The van der Waals surface area contributed by atoms with E-state index in [1.165, 1.54) is 4.31 Å². The van der Waals surface area contributed by atoms with Crippen LogP contribution in [0.15, 0.2) is 0 Å². The Balaban J connectivity index is 2.05. The van der Waals surface area contributed by atoms with Crippen LogP contribution in [0, 0.1) is 0 Å². The summed E-state index contributed by atoms with van der Waals surface area (Å²) in [6, 6.07) is -0.744. The Morgan fingerprint density at radius 2 is 2.11 bits per heavy atom. The van der Waals surface area contributed by atoms with Gasteiger partial charge in [0, 0.05) is 13.1 Å². The number of rotatable bonds is 4. The van der Waals surface area contributed by atoms with Gasteiger partial charge in [0.05, 0.1) is 18.3 Å². The lowest BCUT2D eigenvalue weighted by Crippen LogP contribution is -2.43. The largest absolute Gasteiger partial charge is 0.329 e. The van der Waals surface area contributed by atoms with Crippen molar-refractivity contribution in [3.8, 4) is 0 Å². The molecule has 2 aliphatic heterocycles. The Morgan fingerprint density at radius 1 is 1.39 bits per heavy atom. The standard InChI is InChI=1S/C10H17N3O4S/c1-2-5-18(16,17)12-4-3-8(7-12)13-9(14)6-11-10(13)15/h8H,2-7H2,1H3,(H,11,15). The Hall–Kier alpha value is -1.15. The quantitative estimate of drug-likeness (QED) is 0.691. The van der Waals surface area contributed by atoms with E-state index in [0.29, 0.717) is 19.4 Å². The molecule has 3 amide bonds. The van der Waals surface area contributed by atoms with E-state index < -0.39 is 16.1 Å². The number of carbonyl (C=O) groups excluding carboxylic acids is 2. The van der Waals surface area contributed by atoms with Crippen molar-refractivity contribution in [3.05, 3.63) is 0 Å². The van der Waals surface area contributed by atoms with E-state index in [0.717, 1.165) is 4.90 Å². The Bertz CT molecular complexity index is 446. The first-order valence-corrected chi connectivity index (χ1v) is 7.64. The van der Waals surface area contributed by atoms with E-state index >= 15 is 0 Å². The van der Waals surface area contributed by atoms with Gasteiger partial charge in [-0.1, -0.05) is 6.92 Å². The van der Waals surface area contributed by atoms with Crippen LogP contribution < -0.4 is 5.32 Å². The van der Waals surface area contributed by atoms with E-state index in [1.807, 2.05) is 6.92 Å². The second kappa shape index (κ2) is 4.85. The minimum absolute atomic E-state index is 0.0110. The summed E-state index contributed by atoms with van der Waals surface area (Å²) >= 11 is 0. The number of amides is 3. The lowest BCUT2D eigenvalue weighted by atomic mass is 10.2. The van der Waals surface area contributed by atoms with Crippen molar-refractivity contribution in [2.75, 3.05) is 25.4 Å². The van der Waals surface area contributed by atoms with Gasteiger partial charge in [0.2, 0.25) is 15.9 Å². The average Bonchev–Trinajstić information content (AvgIpc) is 2.86. The van der Waals surface area contributed by atoms with Gasteiger partial charge in [-0.2, -0.15) is 4.31 Å². The molecule has 1 atom stereocenters. The molecular weight excluding hydrogens is 258 g/mol. The molecule has 2 heterocycles. The van der Waals surface area contributed by atoms with E-state index in [2.05, 4.69) is 5.32 Å². The lowest BCUT2D eigenvalue weighted by molar-refractivity contribution is -0.126. The molecule has 0 aromatic heterocycles. The molecule has 0 saturated carbocycles. The Kier molecular flexibility index (Phi) is 3.58. The fraction of sp³-hybridized carbons (Fsp3) is 0.800. The van der Waals surface area contributed by atoms with Crippen LogP contribution in [0.2, 0.25) is 0 Å². The highest BCUT2D eigenvalue weighted by Gasteiger charge is 2.41. The topological polar surface area (TPSA) is 86.8 Å². The second-order valence-electron chi connectivity index (χ2n) is 4.54. The Morgan fingerprint density at radius 3 is 2.67 bits per heavy atom. The molecule has 18 heavy (non-hydrogen) atoms. The molecular formula is C10H17N3O4S. The molecule has 0 aromatic rings. The van der Waals surface area contributed by atoms with Crippen LogP contribution in [-0.2, 0) is 14.8 Å². The smallest absolute Gasteiger partial charge is 0.324 e. The summed E-state index contributed by atoms with van der Waals surface area (Å²) in [7, 11) is -3.24. The third kappa shape index (κ3) is 2.35. The molecule has 2 aliphatic rings. The summed E-state index contributed by atoms with van der Waals surface area (Å²) in [6.07, 6.45) is 1.08. The summed E-state index contributed by atoms with van der Waals surface area (Å²) in [4.78, 5) is 24.2. The zero-order chi connectivity index (χ0) is 13.3. The number of urea groups is 1. The first-order chi connectivity index (χ1) is 8.45. The molecule has 0 bridgehead atoms. The summed E-state index contributed by atoms with van der Waals surface area (Å²) in [5, 5.41) is 2.44. The normalized spacial score (nSPS) is 25.8. The number of nitrogens with one attached hydrogen (secondary N) is 1. The monoisotopic (exact) mass is 275 g/mol. The molecule has 8 heteroatoms. The molecule has 2 fully saturated rings. The number of hydrogen-bond donors (Lipinski definition) is 1. The minimum atomic E-state index is -3.24. The molecule has 0 radical (unpaired) electrons. The number of sulfonamides is 1. The van der Waals surface area contributed by atoms with Crippen LogP contribution in [0.4, 0.5) is 4.79 Å². The summed E-state index contributed by atoms with van der Waals surface area (Å²) in [6.45, 7) is 2.42. The van der Waals surface area contributed by atoms with Crippen molar-refractivity contribution in [1.29, 1.82) is 0 Å². The number of hydrogen-bond acceptors (Lipinski definition) is 4. The number of carbonyl (C=O) groups is 2. The maximum atomic E-state index is 11.9. The maximum absolute atomic E-state index is 11.9. The van der Waals surface area contributed by atoms with Gasteiger partial charge in [-0.3, -0.25) is 9.69 Å². The first-order valence-electron chi connectivity index (χ1n) is 6.03. The molecule has 102 valence electrons. The SMILES string of the molecule is CCCS(=O)(=O)N1CCC(N2C(=O)CNC2=O)C1. The summed E-state index contributed by atoms with van der Waals surface area (Å²) < 4.78 is 25.1. The van der Waals surface area contributed by atoms with Gasteiger partial charge in [-0.05, 0) is 12.8 Å². The molecule has 2 rings (SSSR count). The Labute approximate surface area is 106 Å². The highest BCUT2D eigenvalue weighted by Crippen LogP contribution is 2.21. The number of nitrogens with zero attached hydrogens (tertiary/aromatic N) is 2. The van der Waals surface area contributed by atoms with Crippen LogP contribution >= 0.6 is 0 Å². The van der Waals surface area contributed by atoms with Crippen molar-refractivity contribution in [3.63, 3.8) is 0 Å². The predicted molar refractivity (Wildman–Crippen MR) is 64.3 cm³/mol. The van der Waals surface area contributed by atoms with Gasteiger partial charge < -0.3 is 5.32 Å². The highest BCUT2D eigenvalue weighted by molar-refractivity contribution is 7.89. The first kappa shape index (κ1) is 13.3. The fourth-order valence-corrected chi connectivity index (χ4v) is 3.92. The van der Waals surface area contributed by atoms with E-state index in [1.54, 1.807) is 0 Å². The fourth-order valence-electron chi connectivity index (χ4n) is 2.37. The van der Waals surface area contributed by atoms with Crippen molar-refractivity contribution >= 4 is 22.0 Å². The van der Waals surface area contributed by atoms with Crippen LogP contribution in [0.25, 0.3) is 0 Å². The zero-order valence-corrected chi connectivity index (χ0v) is 11.1. The molecule has 1 N–H and O–H groups in total. The molecule has 0 aliphatic carbocycles. The van der Waals surface area contributed by atoms with Crippen LogP contribution in [0.5, 0.6) is 0 Å². The molecule has 7 nitrogen and oxygen atoms in total. The minimum Gasteiger partial charge on any atom is -0.329 e. The maximum Gasteiger partial charge on any atom is 0.324 e. The highest BCUT2D eigenvalue weighted by atomic mass is 32.2.